The number of para-hydroxylation sites is 1. The average molecular weight is 409 g/mol. The number of rotatable bonds is 6. The number of carbonyl (C=O) groups is 2. The number of nitrogens with two attached hydrogens (primary N) is 2. The van der Waals surface area contributed by atoms with E-state index in [-0.39, 0.29) is 34.6 Å². The van der Waals surface area contributed by atoms with Gasteiger partial charge >= 0.3 is 0 Å². The Kier molecular flexibility index (Phi) is 6.25. The maximum Gasteiger partial charge on any atom is 0.257 e. The van der Waals surface area contributed by atoms with Crippen molar-refractivity contribution >= 4 is 46.8 Å². The second-order valence-electron chi connectivity index (χ2n) is 6.04. The molecule has 148 valence electrons. The molecule has 10 heteroatoms. The highest BCUT2D eigenvalue weighted by molar-refractivity contribution is 7.99. The Balaban J connectivity index is 1.66. The number of thioether (sulfide) groups is 1. The van der Waals surface area contributed by atoms with E-state index in [1.165, 1.54) is 0 Å². The van der Waals surface area contributed by atoms with Gasteiger partial charge < -0.3 is 22.1 Å². The summed E-state index contributed by atoms with van der Waals surface area (Å²) in [6.07, 6.45) is 0. The van der Waals surface area contributed by atoms with Crippen LogP contribution in [0.2, 0.25) is 0 Å². The molecule has 3 rings (SSSR count). The van der Waals surface area contributed by atoms with Crippen LogP contribution in [0, 0.1) is 6.92 Å². The van der Waals surface area contributed by atoms with Crippen LogP contribution >= 0.6 is 11.8 Å². The molecule has 0 aliphatic heterocycles. The van der Waals surface area contributed by atoms with E-state index in [1.54, 1.807) is 30.3 Å². The van der Waals surface area contributed by atoms with Crippen molar-refractivity contribution in [1.82, 2.24) is 15.0 Å². The molecule has 9 nitrogen and oxygen atoms in total. The molecule has 6 N–H and O–H groups in total. The highest BCUT2D eigenvalue weighted by Gasteiger charge is 2.14. The number of hydrogen-bond donors (Lipinski definition) is 4. The minimum Gasteiger partial charge on any atom is -0.368 e. The van der Waals surface area contributed by atoms with Crippen molar-refractivity contribution in [2.45, 2.75) is 12.1 Å². The number of nitrogens with zero attached hydrogens (tertiary/aromatic N) is 3. The molecule has 0 aliphatic rings. The molecule has 3 aromatic rings. The lowest BCUT2D eigenvalue weighted by molar-refractivity contribution is -0.113. The Bertz CT molecular complexity index is 1040. The van der Waals surface area contributed by atoms with Gasteiger partial charge in [0.15, 0.2) is 5.16 Å². The molecular formula is C19H19N7O2S. The number of amides is 2. The number of aromatic nitrogens is 3. The fourth-order valence-corrected chi connectivity index (χ4v) is 3.13. The van der Waals surface area contributed by atoms with Crippen LogP contribution in [0.3, 0.4) is 0 Å². The maximum absolute atomic E-state index is 12.7. The monoisotopic (exact) mass is 409 g/mol. The van der Waals surface area contributed by atoms with Gasteiger partial charge in [-0.25, -0.2) is 0 Å². The summed E-state index contributed by atoms with van der Waals surface area (Å²) < 4.78 is 0. The zero-order valence-corrected chi connectivity index (χ0v) is 16.4. The van der Waals surface area contributed by atoms with Crippen LogP contribution in [0.15, 0.2) is 53.7 Å². The first-order valence-corrected chi connectivity index (χ1v) is 9.56. The molecule has 0 bridgehead atoms. The molecule has 29 heavy (non-hydrogen) atoms. The van der Waals surface area contributed by atoms with Gasteiger partial charge in [0.1, 0.15) is 0 Å². The topological polar surface area (TPSA) is 149 Å². The molecule has 0 saturated carbocycles. The quantitative estimate of drug-likeness (QED) is 0.453. The summed E-state index contributed by atoms with van der Waals surface area (Å²) in [6, 6.07) is 14.2. The highest BCUT2D eigenvalue weighted by atomic mass is 32.2. The second kappa shape index (κ2) is 9.02. The minimum absolute atomic E-state index is 0.0106. The van der Waals surface area contributed by atoms with Crippen molar-refractivity contribution < 1.29 is 9.59 Å². The lowest BCUT2D eigenvalue weighted by Crippen LogP contribution is -2.19. The van der Waals surface area contributed by atoms with E-state index in [1.807, 2.05) is 25.1 Å². The fourth-order valence-electron chi connectivity index (χ4n) is 2.48. The SMILES string of the molecule is Cc1cccc(NC(=O)c2ccccc2NC(=O)CSc2nc(N)nc(N)n2)c1. The van der Waals surface area contributed by atoms with Crippen molar-refractivity contribution in [3.63, 3.8) is 0 Å². The largest absolute Gasteiger partial charge is 0.368 e. The summed E-state index contributed by atoms with van der Waals surface area (Å²) in [5, 5.41) is 5.81. The summed E-state index contributed by atoms with van der Waals surface area (Å²) in [6.45, 7) is 1.94. The van der Waals surface area contributed by atoms with E-state index >= 15 is 0 Å². The summed E-state index contributed by atoms with van der Waals surface area (Å²) in [4.78, 5) is 36.5. The van der Waals surface area contributed by atoms with E-state index in [0.717, 1.165) is 17.3 Å². The van der Waals surface area contributed by atoms with Gasteiger partial charge in [0.25, 0.3) is 5.91 Å². The van der Waals surface area contributed by atoms with Crippen molar-refractivity contribution in [2.75, 3.05) is 27.9 Å². The molecule has 0 radical (unpaired) electrons. The Morgan fingerprint density at radius 2 is 1.69 bits per heavy atom. The molecule has 0 atom stereocenters. The van der Waals surface area contributed by atoms with Crippen molar-refractivity contribution in [1.29, 1.82) is 0 Å². The molecule has 0 spiro atoms. The molecule has 0 unspecified atom stereocenters. The van der Waals surface area contributed by atoms with Crippen LogP contribution in [-0.2, 0) is 4.79 Å². The Morgan fingerprint density at radius 3 is 2.41 bits per heavy atom. The third-order valence-corrected chi connectivity index (χ3v) is 4.55. The highest BCUT2D eigenvalue weighted by Crippen LogP contribution is 2.20. The average Bonchev–Trinajstić information content (AvgIpc) is 2.66. The van der Waals surface area contributed by atoms with E-state index in [0.29, 0.717) is 16.9 Å². The van der Waals surface area contributed by atoms with Gasteiger partial charge in [-0.05, 0) is 36.8 Å². The summed E-state index contributed by atoms with van der Waals surface area (Å²) in [5.41, 5.74) is 13.5. The van der Waals surface area contributed by atoms with Gasteiger partial charge in [-0.15, -0.1) is 0 Å². The number of nitrogen functional groups attached to an aromatic ring is 2. The second-order valence-corrected chi connectivity index (χ2v) is 6.98. The lowest BCUT2D eigenvalue weighted by atomic mass is 10.1. The third kappa shape index (κ3) is 5.66. The van der Waals surface area contributed by atoms with E-state index < -0.39 is 0 Å². The predicted molar refractivity (Wildman–Crippen MR) is 114 cm³/mol. The first-order valence-electron chi connectivity index (χ1n) is 8.57. The molecule has 0 saturated heterocycles. The standard InChI is InChI=1S/C19H19N7O2S/c1-11-5-4-6-12(9-11)22-16(28)13-7-2-3-8-14(13)23-15(27)10-29-19-25-17(20)24-18(21)26-19/h2-9H,10H2,1H3,(H,22,28)(H,23,27)(H4,20,21,24,25,26). The van der Waals surface area contributed by atoms with Crippen LogP contribution < -0.4 is 22.1 Å². The summed E-state index contributed by atoms with van der Waals surface area (Å²) in [5.74, 6) is -0.672. The molecule has 0 fully saturated rings. The molecule has 2 amide bonds. The van der Waals surface area contributed by atoms with Crippen LogP contribution in [0.4, 0.5) is 23.3 Å². The van der Waals surface area contributed by atoms with E-state index in [4.69, 9.17) is 11.5 Å². The number of aryl methyl sites for hydroxylation is 1. The van der Waals surface area contributed by atoms with E-state index in [9.17, 15) is 9.59 Å². The van der Waals surface area contributed by atoms with Crippen LogP contribution in [0.1, 0.15) is 15.9 Å². The first kappa shape index (κ1) is 20.1. The Morgan fingerprint density at radius 1 is 0.966 bits per heavy atom. The molecular weight excluding hydrogens is 390 g/mol. The number of benzene rings is 2. The summed E-state index contributed by atoms with van der Waals surface area (Å²) >= 11 is 1.06. The number of carbonyl (C=O) groups excluding carboxylic acids is 2. The molecule has 1 aromatic heterocycles. The van der Waals surface area contributed by atoms with E-state index in [2.05, 4.69) is 25.6 Å². The molecule has 0 aliphatic carbocycles. The van der Waals surface area contributed by atoms with Gasteiger partial charge in [-0.2, -0.15) is 15.0 Å². The number of hydrogen-bond acceptors (Lipinski definition) is 8. The van der Waals surface area contributed by atoms with Gasteiger partial charge in [0.05, 0.1) is 17.0 Å². The van der Waals surface area contributed by atoms with Crippen molar-refractivity contribution in [3.05, 3.63) is 59.7 Å². The predicted octanol–water partition coefficient (Wildman–Crippen LogP) is 2.33. The zero-order chi connectivity index (χ0) is 20.8. The van der Waals surface area contributed by atoms with Gasteiger partial charge in [-0.3, -0.25) is 9.59 Å². The van der Waals surface area contributed by atoms with Gasteiger partial charge in [0.2, 0.25) is 17.8 Å². The third-order valence-electron chi connectivity index (χ3n) is 3.70. The number of anilines is 4. The smallest absolute Gasteiger partial charge is 0.257 e. The lowest BCUT2D eigenvalue weighted by Gasteiger charge is -2.11. The van der Waals surface area contributed by atoms with Gasteiger partial charge in [-0.1, -0.05) is 36.0 Å². The fraction of sp³-hybridized carbons (Fsp3) is 0.105. The van der Waals surface area contributed by atoms with Crippen LogP contribution in [0.25, 0.3) is 0 Å². The van der Waals surface area contributed by atoms with Crippen LogP contribution in [-0.4, -0.2) is 32.5 Å². The molecule has 1 heterocycles. The Labute approximate surface area is 171 Å². The molecule has 2 aromatic carbocycles. The first-order chi connectivity index (χ1) is 13.9. The number of nitrogens with one attached hydrogen (secondary N) is 2. The van der Waals surface area contributed by atoms with Crippen molar-refractivity contribution in [3.8, 4) is 0 Å². The van der Waals surface area contributed by atoms with Crippen molar-refractivity contribution in [2.24, 2.45) is 0 Å². The Hall–Kier alpha value is -3.66. The normalized spacial score (nSPS) is 10.4. The zero-order valence-electron chi connectivity index (χ0n) is 15.5. The van der Waals surface area contributed by atoms with Crippen LogP contribution in [0.5, 0.6) is 0 Å². The summed E-state index contributed by atoms with van der Waals surface area (Å²) in [7, 11) is 0. The maximum atomic E-state index is 12.7. The van der Waals surface area contributed by atoms with Gasteiger partial charge in [0, 0.05) is 5.69 Å². The minimum atomic E-state index is -0.330.